The summed E-state index contributed by atoms with van der Waals surface area (Å²) in [7, 11) is 3.17. The third-order valence-electron chi connectivity index (χ3n) is 5.67. The van der Waals surface area contributed by atoms with Crippen molar-refractivity contribution in [1.29, 1.82) is 0 Å². The summed E-state index contributed by atoms with van der Waals surface area (Å²) in [5.41, 5.74) is 6.40. The molecule has 0 radical (unpaired) electrons. The van der Waals surface area contributed by atoms with E-state index in [2.05, 4.69) is 26.9 Å². The van der Waals surface area contributed by atoms with Crippen LogP contribution in [0.3, 0.4) is 0 Å². The molecular weight excluding hydrogens is 424 g/mol. The van der Waals surface area contributed by atoms with Crippen LogP contribution in [0.1, 0.15) is 19.3 Å². The van der Waals surface area contributed by atoms with Gasteiger partial charge < -0.3 is 15.2 Å². The third kappa shape index (κ3) is 3.16. The summed E-state index contributed by atoms with van der Waals surface area (Å²) in [6, 6.07) is 0.0814. The van der Waals surface area contributed by atoms with Gasteiger partial charge in [0.2, 0.25) is 5.95 Å². The Morgan fingerprint density at radius 1 is 1.29 bits per heavy atom. The highest BCUT2D eigenvalue weighted by molar-refractivity contribution is 9.11. The summed E-state index contributed by atoms with van der Waals surface area (Å²) in [6.45, 7) is 2.14. The zero-order valence-electron chi connectivity index (χ0n) is 16.1. The van der Waals surface area contributed by atoms with Crippen LogP contribution in [0, 0.1) is 5.92 Å². The maximum Gasteiger partial charge on any atom is 0.332 e. The second-order valence-electron chi connectivity index (χ2n) is 7.66. The lowest BCUT2D eigenvalue weighted by Crippen LogP contribution is -2.44. The second-order valence-corrected chi connectivity index (χ2v) is 8.58. The molecule has 150 valence electrons. The standard InChI is InChI=1S/C19H25BrN6O2/c1-23-16-15(17(27)24(2)19(23)28)26(10-12-6-3-4-8-14(12)20)18(22-16)25-9-5-7-13(21)11-25/h3-4,8,12-13H,5-7,9-11,21H2,1-2H3/t12?,13-/m1/s1. The van der Waals surface area contributed by atoms with Gasteiger partial charge >= 0.3 is 5.69 Å². The summed E-state index contributed by atoms with van der Waals surface area (Å²) < 4.78 is 5.68. The minimum atomic E-state index is -0.370. The number of aromatic nitrogens is 4. The van der Waals surface area contributed by atoms with Gasteiger partial charge in [0.1, 0.15) is 0 Å². The van der Waals surface area contributed by atoms with Crippen molar-refractivity contribution in [3.8, 4) is 0 Å². The average molecular weight is 449 g/mol. The van der Waals surface area contributed by atoms with Crippen molar-refractivity contribution in [2.45, 2.75) is 31.8 Å². The first-order chi connectivity index (χ1) is 13.4. The quantitative estimate of drug-likeness (QED) is 0.761. The molecule has 2 aromatic rings. The second kappa shape index (κ2) is 7.36. The van der Waals surface area contributed by atoms with E-state index in [1.54, 1.807) is 7.05 Å². The van der Waals surface area contributed by atoms with Crippen LogP contribution in [0.15, 0.2) is 32.3 Å². The first-order valence-electron chi connectivity index (χ1n) is 9.57. The molecule has 4 rings (SSSR count). The highest BCUT2D eigenvalue weighted by Gasteiger charge is 2.27. The number of fused-ring (bicyclic) bond motifs is 1. The van der Waals surface area contributed by atoms with E-state index in [1.807, 2.05) is 16.7 Å². The molecule has 2 aromatic heterocycles. The monoisotopic (exact) mass is 448 g/mol. The van der Waals surface area contributed by atoms with Gasteiger partial charge in [0.05, 0.1) is 0 Å². The largest absolute Gasteiger partial charge is 0.341 e. The summed E-state index contributed by atoms with van der Waals surface area (Å²) in [4.78, 5) is 32.3. The number of nitrogens with two attached hydrogens (primary N) is 1. The molecule has 0 saturated carbocycles. The maximum atomic E-state index is 13.0. The predicted molar refractivity (Wildman–Crippen MR) is 114 cm³/mol. The molecule has 1 fully saturated rings. The van der Waals surface area contributed by atoms with Gasteiger partial charge in [0, 0.05) is 50.2 Å². The number of halogens is 1. The molecule has 1 aliphatic carbocycles. The molecule has 2 atom stereocenters. The van der Waals surface area contributed by atoms with Crippen LogP contribution in [-0.2, 0) is 20.6 Å². The van der Waals surface area contributed by atoms with E-state index < -0.39 is 0 Å². The zero-order valence-corrected chi connectivity index (χ0v) is 17.7. The fraction of sp³-hybridized carbons (Fsp3) is 0.526. The topological polar surface area (TPSA) is 91.1 Å². The van der Waals surface area contributed by atoms with Gasteiger partial charge in [-0.05, 0) is 19.3 Å². The van der Waals surface area contributed by atoms with Crippen molar-refractivity contribution >= 4 is 33.0 Å². The minimum absolute atomic E-state index is 0.0814. The number of aryl methyl sites for hydroxylation is 1. The van der Waals surface area contributed by atoms with E-state index in [0.29, 0.717) is 24.3 Å². The average Bonchev–Trinajstić information content (AvgIpc) is 3.06. The van der Waals surface area contributed by atoms with Crippen molar-refractivity contribution in [3.05, 3.63) is 43.5 Å². The first kappa shape index (κ1) is 19.2. The van der Waals surface area contributed by atoms with Gasteiger partial charge in [0.15, 0.2) is 11.2 Å². The summed E-state index contributed by atoms with van der Waals surface area (Å²) in [6.07, 6.45) is 9.04. The smallest absolute Gasteiger partial charge is 0.332 e. The molecule has 0 bridgehead atoms. The zero-order chi connectivity index (χ0) is 20.0. The maximum absolute atomic E-state index is 13.0. The molecule has 2 N–H and O–H groups in total. The van der Waals surface area contributed by atoms with E-state index in [0.717, 1.165) is 40.8 Å². The van der Waals surface area contributed by atoms with Crippen molar-refractivity contribution in [3.63, 3.8) is 0 Å². The Morgan fingerprint density at radius 2 is 2.07 bits per heavy atom. The normalized spacial score (nSPS) is 22.7. The number of anilines is 1. The lowest BCUT2D eigenvalue weighted by Gasteiger charge is -2.32. The van der Waals surface area contributed by atoms with Gasteiger partial charge in [-0.2, -0.15) is 4.98 Å². The molecule has 3 heterocycles. The Morgan fingerprint density at radius 3 is 2.79 bits per heavy atom. The van der Waals surface area contributed by atoms with Gasteiger partial charge in [-0.15, -0.1) is 0 Å². The van der Waals surface area contributed by atoms with E-state index in [9.17, 15) is 9.59 Å². The molecule has 2 aliphatic rings. The molecule has 28 heavy (non-hydrogen) atoms. The molecule has 1 unspecified atom stereocenters. The lowest BCUT2D eigenvalue weighted by atomic mass is 10.0. The molecule has 0 amide bonds. The highest BCUT2D eigenvalue weighted by Crippen LogP contribution is 2.31. The SMILES string of the molecule is Cn1c(=O)c2c(nc(N3CCC[C@@H](N)C3)n2CC2CC=CC=C2Br)n(C)c1=O. The van der Waals surface area contributed by atoms with Crippen molar-refractivity contribution in [2.24, 2.45) is 25.7 Å². The Hall–Kier alpha value is -2.13. The predicted octanol–water partition coefficient (Wildman–Crippen LogP) is 1.22. The fourth-order valence-corrected chi connectivity index (χ4v) is 4.56. The van der Waals surface area contributed by atoms with Crippen molar-refractivity contribution < 1.29 is 0 Å². The summed E-state index contributed by atoms with van der Waals surface area (Å²) >= 11 is 3.66. The molecule has 1 saturated heterocycles. The van der Waals surface area contributed by atoms with E-state index in [-0.39, 0.29) is 23.2 Å². The van der Waals surface area contributed by atoms with Crippen LogP contribution in [-0.4, -0.2) is 37.8 Å². The van der Waals surface area contributed by atoms with Crippen molar-refractivity contribution in [2.75, 3.05) is 18.0 Å². The van der Waals surface area contributed by atoms with Crippen LogP contribution in [0.4, 0.5) is 5.95 Å². The Labute approximate surface area is 171 Å². The van der Waals surface area contributed by atoms with Gasteiger partial charge in [-0.3, -0.25) is 13.9 Å². The fourth-order valence-electron chi connectivity index (χ4n) is 4.07. The Balaban J connectivity index is 1.92. The number of nitrogens with zero attached hydrogens (tertiary/aromatic N) is 5. The van der Waals surface area contributed by atoms with Crippen LogP contribution in [0.25, 0.3) is 11.2 Å². The van der Waals surface area contributed by atoms with Crippen LogP contribution < -0.4 is 21.9 Å². The first-order valence-corrected chi connectivity index (χ1v) is 10.4. The van der Waals surface area contributed by atoms with E-state index >= 15 is 0 Å². The van der Waals surface area contributed by atoms with Crippen LogP contribution >= 0.6 is 15.9 Å². The van der Waals surface area contributed by atoms with Crippen LogP contribution in [0.2, 0.25) is 0 Å². The minimum Gasteiger partial charge on any atom is -0.341 e. The van der Waals surface area contributed by atoms with E-state index in [1.165, 1.54) is 11.6 Å². The Bertz CT molecular complexity index is 1090. The third-order valence-corrected chi connectivity index (χ3v) is 6.59. The number of allylic oxidation sites excluding steroid dienone is 4. The van der Waals surface area contributed by atoms with Crippen LogP contribution in [0.5, 0.6) is 0 Å². The number of rotatable bonds is 3. The molecule has 9 heteroatoms. The number of hydrogen-bond donors (Lipinski definition) is 1. The van der Waals surface area contributed by atoms with Gasteiger partial charge in [-0.1, -0.05) is 34.2 Å². The molecule has 0 spiro atoms. The number of imidazole rings is 1. The number of piperidine rings is 1. The summed E-state index contributed by atoms with van der Waals surface area (Å²) in [5, 5.41) is 0. The van der Waals surface area contributed by atoms with Crippen molar-refractivity contribution in [1.82, 2.24) is 18.7 Å². The molecule has 1 aliphatic heterocycles. The lowest BCUT2D eigenvalue weighted by molar-refractivity contribution is 0.480. The molecular formula is C19H25BrN6O2. The van der Waals surface area contributed by atoms with Gasteiger partial charge in [0.25, 0.3) is 5.56 Å². The molecule has 0 aromatic carbocycles. The Kier molecular flexibility index (Phi) is 5.05. The number of hydrogen-bond acceptors (Lipinski definition) is 5. The summed E-state index contributed by atoms with van der Waals surface area (Å²) in [5.74, 6) is 0.930. The highest BCUT2D eigenvalue weighted by atomic mass is 79.9. The molecule has 8 nitrogen and oxygen atoms in total. The van der Waals surface area contributed by atoms with E-state index in [4.69, 9.17) is 10.7 Å². The van der Waals surface area contributed by atoms with Gasteiger partial charge in [-0.25, -0.2) is 4.79 Å².